The van der Waals surface area contributed by atoms with Gasteiger partial charge in [-0.1, -0.05) is 29.0 Å². The molecule has 168 valence electrons. The molecule has 0 saturated carbocycles. The van der Waals surface area contributed by atoms with E-state index in [9.17, 15) is 18.0 Å². The van der Waals surface area contributed by atoms with Crippen LogP contribution in [0.5, 0.6) is 5.75 Å². The van der Waals surface area contributed by atoms with Gasteiger partial charge < -0.3 is 15.0 Å². The van der Waals surface area contributed by atoms with Crippen molar-refractivity contribution >= 4 is 50.8 Å². The second-order valence-corrected chi connectivity index (χ2v) is 7.93. The summed E-state index contributed by atoms with van der Waals surface area (Å²) in [4.78, 5) is 20.8. The zero-order valence-electron chi connectivity index (χ0n) is 17.1. The quantitative estimate of drug-likeness (QED) is 0.510. The monoisotopic (exact) mass is 474 g/mol. The number of amides is 2. The highest BCUT2D eigenvalue weighted by atomic mass is 35.5. The van der Waals surface area contributed by atoms with Crippen LogP contribution in [0.25, 0.3) is 10.2 Å². The number of fused-ring (bicyclic) bond motifs is 1. The number of benzene rings is 2. The number of hydrogen-bond acceptors (Lipinski definition) is 5. The number of ether oxygens (including phenoxy) is 1. The molecule has 0 spiro atoms. The molecule has 3 aromatic rings. The minimum Gasteiger partial charge on any atom is -0.406 e. The number of carbonyl (C=O) groups excluding carboxylic acids is 1. The minimum atomic E-state index is -4.77. The molecule has 1 aromatic heterocycles. The molecular weight excluding hydrogens is 453 g/mol. The van der Waals surface area contributed by atoms with Crippen LogP contribution in [0.1, 0.15) is 5.56 Å². The van der Waals surface area contributed by atoms with Crippen molar-refractivity contribution in [2.45, 2.75) is 13.3 Å². The van der Waals surface area contributed by atoms with Crippen LogP contribution in [0.4, 0.5) is 28.8 Å². The van der Waals surface area contributed by atoms with Gasteiger partial charge in [-0.2, -0.15) is 0 Å². The Morgan fingerprint density at radius 1 is 1.13 bits per heavy atom. The first-order valence-electron chi connectivity index (χ1n) is 9.07. The summed E-state index contributed by atoms with van der Waals surface area (Å²) >= 11 is 1.13. The van der Waals surface area contributed by atoms with Crippen molar-refractivity contribution in [1.82, 2.24) is 9.88 Å². The second kappa shape index (κ2) is 10.2. The number of carbonyl (C=O) groups is 1. The SMILES string of the molecule is Cc1ccc(NC(=O)N(CCN(C)C)c2nc3ccc(OC(F)(F)F)cc3s2)cc1.Cl. The van der Waals surface area contributed by atoms with E-state index in [4.69, 9.17) is 0 Å². The van der Waals surface area contributed by atoms with Crippen molar-refractivity contribution < 1.29 is 22.7 Å². The lowest BCUT2D eigenvalue weighted by molar-refractivity contribution is -0.274. The highest BCUT2D eigenvalue weighted by Gasteiger charge is 2.31. The lowest BCUT2D eigenvalue weighted by Crippen LogP contribution is -2.39. The molecule has 1 heterocycles. The highest BCUT2D eigenvalue weighted by molar-refractivity contribution is 7.22. The van der Waals surface area contributed by atoms with Crippen LogP contribution in [0.2, 0.25) is 0 Å². The Balaban J connectivity index is 0.00000341. The first-order valence-corrected chi connectivity index (χ1v) is 9.88. The lowest BCUT2D eigenvalue weighted by Gasteiger charge is -2.22. The van der Waals surface area contributed by atoms with Gasteiger partial charge in [0, 0.05) is 24.8 Å². The number of rotatable bonds is 6. The molecule has 0 aliphatic heterocycles. The zero-order valence-corrected chi connectivity index (χ0v) is 18.7. The van der Waals surface area contributed by atoms with Crippen molar-refractivity contribution in [3.8, 4) is 5.75 Å². The topological polar surface area (TPSA) is 57.7 Å². The minimum absolute atomic E-state index is 0. The summed E-state index contributed by atoms with van der Waals surface area (Å²) in [6.45, 7) is 2.89. The number of nitrogens with one attached hydrogen (secondary N) is 1. The van der Waals surface area contributed by atoms with Crippen molar-refractivity contribution in [1.29, 1.82) is 0 Å². The van der Waals surface area contributed by atoms with Gasteiger partial charge in [0.05, 0.1) is 10.2 Å². The van der Waals surface area contributed by atoms with Crippen LogP contribution in [0.3, 0.4) is 0 Å². The highest BCUT2D eigenvalue weighted by Crippen LogP contribution is 2.33. The number of anilines is 2. The van der Waals surface area contributed by atoms with E-state index in [1.54, 1.807) is 12.1 Å². The van der Waals surface area contributed by atoms with E-state index in [2.05, 4.69) is 15.0 Å². The van der Waals surface area contributed by atoms with Gasteiger partial charge in [-0.15, -0.1) is 25.6 Å². The standard InChI is InChI=1S/C20H21F3N4O2S.ClH/c1-13-4-6-14(7-5-13)24-18(28)27(11-10-26(2)3)19-25-16-9-8-15(12-17(16)30-19)29-20(21,22)23;/h4-9,12H,10-11H2,1-3H3,(H,24,28);1H. The zero-order chi connectivity index (χ0) is 21.9. The van der Waals surface area contributed by atoms with E-state index in [1.165, 1.54) is 23.1 Å². The van der Waals surface area contributed by atoms with Crippen LogP contribution in [-0.4, -0.2) is 49.5 Å². The summed E-state index contributed by atoms with van der Waals surface area (Å²) in [5, 5.41) is 3.23. The molecule has 3 rings (SSSR count). The van der Waals surface area contributed by atoms with Crippen LogP contribution < -0.4 is 15.0 Å². The van der Waals surface area contributed by atoms with Gasteiger partial charge in [0.1, 0.15) is 5.75 Å². The molecule has 0 bridgehead atoms. The number of aryl methyl sites for hydroxylation is 1. The average molecular weight is 475 g/mol. The Kier molecular flexibility index (Phi) is 8.10. The number of nitrogens with zero attached hydrogens (tertiary/aromatic N) is 3. The molecule has 0 unspecified atom stereocenters. The van der Waals surface area contributed by atoms with Crippen molar-refractivity contribution in [2.24, 2.45) is 0 Å². The maximum absolute atomic E-state index is 12.9. The molecule has 1 N–H and O–H groups in total. The predicted molar refractivity (Wildman–Crippen MR) is 120 cm³/mol. The van der Waals surface area contributed by atoms with E-state index >= 15 is 0 Å². The molecule has 0 fully saturated rings. The summed E-state index contributed by atoms with van der Waals surface area (Å²) in [5.74, 6) is -0.325. The molecule has 2 amide bonds. The van der Waals surface area contributed by atoms with Gasteiger partial charge in [0.25, 0.3) is 0 Å². The maximum Gasteiger partial charge on any atom is 0.573 e. The molecule has 0 radical (unpaired) electrons. The predicted octanol–water partition coefficient (Wildman–Crippen LogP) is 5.53. The molecule has 0 aliphatic rings. The number of alkyl halides is 3. The summed E-state index contributed by atoms with van der Waals surface area (Å²) in [6, 6.07) is 10.9. The van der Waals surface area contributed by atoms with Gasteiger partial charge in [-0.05, 0) is 45.3 Å². The third-order valence-corrected chi connectivity index (χ3v) is 5.17. The molecule has 31 heavy (non-hydrogen) atoms. The fraction of sp³-hybridized carbons (Fsp3) is 0.300. The van der Waals surface area contributed by atoms with E-state index in [0.29, 0.717) is 34.1 Å². The lowest BCUT2D eigenvalue weighted by atomic mass is 10.2. The van der Waals surface area contributed by atoms with Crippen LogP contribution in [-0.2, 0) is 0 Å². The van der Waals surface area contributed by atoms with Crippen molar-refractivity contribution in [2.75, 3.05) is 37.4 Å². The van der Waals surface area contributed by atoms with Gasteiger partial charge in [-0.3, -0.25) is 4.90 Å². The fourth-order valence-electron chi connectivity index (χ4n) is 2.62. The maximum atomic E-state index is 12.9. The van der Waals surface area contributed by atoms with E-state index in [0.717, 1.165) is 16.9 Å². The third kappa shape index (κ3) is 6.98. The Labute approximate surface area is 188 Å². The van der Waals surface area contributed by atoms with Gasteiger partial charge in [0.15, 0.2) is 5.13 Å². The van der Waals surface area contributed by atoms with Crippen LogP contribution >= 0.6 is 23.7 Å². The molecule has 6 nitrogen and oxygen atoms in total. The first kappa shape index (κ1) is 24.7. The number of hydrogen-bond donors (Lipinski definition) is 1. The normalized spacial score (nSPS) is 11.3. The Morgan fingerprint density at radius 3 is 2.42 bits per heavy atom. The largest absolute Gasteiger partial charge is 0.573 e. The first-order chi connectivity index (χ1) is 14.1. The molecule has 2 aromatic carbocycles. The molecule has 0 atom stereocenters. The summed E-state index contributed by atoms with van der Waals surface area (Å²) in [5.41, 5.74) is 2.20. The average Bonchev–Trinajstić information content (AvgIpc) is 3.05. The van der Waals surface area contributed by atoms with E-state index in [-0.39, 0.29) is 24.2 Å². The summed E-state index contributed by atoms with van der Waals surface area (Å²) < 4.78 is 41.9. The Morgan fingerprint density at radius 2 is 1.81 bits per heavy atom. The number of urea groups is 1. The number of aromatic nitrogens is 1. The Bertz CT molecular complexity index is 1030. The fourth-order valence-corrected chi connectivity index (χ4v) is 3.64. The van der Waals surface area contributed by atoms with Crippen LogP contribution in [0, 0.1) is 6.92 Å². The third-order valence-electron chi connectivity index (χ3n) is 4.13. The number of thiazole rings is 1. The number of halogens is 4. The number of likely N-dealkylation sites (N-methyl/N-ethyl adjacent to an activating group) is 1. The molecular formula is C20H22ClF3N4O2S. The smallest absolute Gasteiger partial charge is 0.406 e. The van der Waals surface area contributed by atoms with Crippen molar-refractivity contribution in [3.63, 3.8) is 0 Å². The van der Waals surface area contributed by atoms with E-state index < -0.39 is 6.36 Å². The molecule has 11 heteroatoms. The van der Waals surface area contributed by atoms with Gasteiger partial charge >= 0.3 is 12.4 Å². The molecule has 0 aliphatic carbocycles. The van der Waals surface area contributed by atoms with Gasteiger partial charge in [0.2, 0.25) is 0 Å². The van der Waals surface area contributed by atoms with Crippen LogP contribution in [0.15, 0.2) is 42.5 Å². The van der Waals surface area contributed by atoms with Crippen molar-refractivity contribution in [3.05, 3.63) is 48.0 Å². The second-order valence-electron chi connectivity index (χ2n) is 6.92. The summed E-state index contributed by atoms with van der Waals surface area (Å²) in [6.07, 6.45) is -4.77. The van der Waals surface area contributed by atoms with Gasteiger partial charge in [-0.25, -0.2) is 9.78 Å². The molecule has 0 saturated heterocycles. The van der Waals surface area contributed by atoms with E-state index in [1.807, 2.05) is 38.1 Å². The Hall–Kier alpha value is -2.56. The summed E-state index contributed by atoms with van der Waals surface area (Å²) in [7, 11) is 3.77.